The summed E-state index contributed by atoms with van der Waals surface area (Å²) < 4.78 is 12.3. The van der Waals surface area contributed by atoms with Gasteiger partial charge in [0.05, 0.1) is 6.61 Å². The van der Waals surface area contributed by atoms with Gasteiger partial charge in [0.1, 0.15) is 5.82 Å². The van der Waals surface area contributed by atoms with Crippen LogP contribution in [0.5, 0.6) is 0 Å². The number of hydrogen-bond acceptors (Lipinski definition) is 1. The van der Waals surface area contributed by atoms with E-state index < -0.39 is 0 Å². The van der Waals surface area contributed by atoms with Gasteiger partial charge in [0.15, 0.2) is 0 Å². The van der Waals surface area contributed by atoms with Gasteiger partial charge in [0.2, 0.25) is 0 Å². The van der Waals surface area contributed by atoms with E-state index in [1.54, 1.807) is 12.1 Å². The lowest BCUT2D eigenvalue weighted by molar-refractivity contribution is 0.206. The van der Waals surface area contributed by atoms with Crippen LogP contribution in [0.1, 0.15) is 0 Å². The molecule has 0 aliphatic rings. The normalized spacial score (nSPS) is 9.64. The first-order valence-electron chi connectivity index (χ1n) is 3.40. The van der Waals surface area contributed by atoms with Gasteiger partial charge >= 0.3 is 0 Å². The van der Waals surface area contributed by atoms with Gasteiger partial charge in [-0.3, -0.25) is 0 Å². The van der Waals surface area contributed by atoms with Crippen molar-refractivity contribution in [1.82, 2.24) is 0 Å². The Hall–Kier alpha value is -1.09. The Morgan fingerprint density at radius 1 is 1.27 bits per heavy atom. The summed E-state index contributed by atoms with van der Waals surface area (Å²) in [5.74, 6) is -0.266. The van der Waals surface area contributed by atoms with Crippen molar-refractivity contribution >= 4 is 5.69 Å². The molecular weight excluding hydrogens is 145 g/mol. The zero-order valence-electron chi connectivity index (χ0n) is 6.01. The van der Waals surface area contributed by atoms with Crippen LogP contribution in [-0.4, -0.2) is 13.2 Å². The smallest absolute Gasteiger partial charge is 0.123 e. The molecule has 11 heavy (non-hydrogen) atoms. The fourth-order valence-electron chi connectivity index (χ4n) is 0.763. The molecule has 3 heteroatoms. The molecule has 1 rings (SSSR count). The molecule has 1 aromatic rings. The van der Waals surface area contributed by atoms with E-state index in [0.29, 0.717) is 6.54 Å². The van der Waals surface area contributed by atoms with Crippen LogP contribution < -0.4 is 5.32 Å². The molecule has 1 radical (unpaired) electrons. The number of anilines is 1. The average Bonchev–Trinajstić information content (AvgIpc) is 2.04. The number of benzene rings is 1. The lowest BCUT2D eigenvalue weighted by Crippen LogP contribution is -2.04. The number of hydrogen-bond donors (Lipinski definition) is 1. The summed E-state index contributed by atoms with van der Waals surface area (Å²) in [5, 5.41) is 12.9. The van der Waals surface area contributed by atoms with E-state index in [2.05, 4.69) is 5.32 Å². The lowest BCUT2D eigenvalue weighted by Gasteiger charge is -2.01. The first-order valence-corrected chi connectivity index (χ1v) is 3.40. The van der Waals surface area contributed by atoms with E-state index in [4.69, 9.17) is 0 Å². The molecule has 1 aromatic carbocycles. The van der Waals surface area contributed by atoms with Crippen LogP contribution >= 0.6 is 0 Å². The van der Waals surface area contributed by atoms with Crippen molar-refractivity contribution in [2.75, 3.05) is 18.5 Å². The Morgan fingerprint density at radius 2 is 1.91 bits per heavy atom. The minimum atomic E-state index is -0.266. The third kappa shape index (κ3) is 2.55. The van der Waals surface area contributed by atoms with Crippen LogP contribution in [0.15, 0.2) is 24.3 Å². The second-order valence-corrected chi connectivity index (χ2v) is 2.14. The highest BCUT2D eigenvalue weighted by atomic mass is 19.1. The molecule has 0 aliphatic heterocycles. The zero-order chi connectivity index (χ0) is 8.10. The molecule has 2 nitrogen and oxygen atoms in total. The topological polar surface area (TPSA) is 31.9 Å². The van der Waals surface area contributed by atoms with E-state index in [1.165, 1.54) is 12.1 Å². The van der Waals surface area contributed by atoms with Crippen molar-refractivity contribution in [3.05, 3.63) is 30.1 Å². The molecular formula is C8H9FNO. The Balaban J connectivity index is 2.52. The van der Waals surface area contributed by atoms with Crippen molar-refractivity contribution < 1.29 is 9.50 Å². The summed E-state index contributed by atoms with van der Waals surface area (Å²) in [7, 11) is 0. The minimum Gasteiger partial charge on any atom is -0.383 e. The van der Waals surface area contributed by atoms with Crippen molar-refractivity contribution in [1.29, 1.82) is 0 Å². The van der Waals surface area contributed by atoms with E-state index in [-0.39, 0.29) is 12.4 Å². The summed E-state index contributed by atoms with van der Waals surface area (Å²) >= 11 is 0. The number of rotatable bonds is 3. The molecule has 0 fully saturated rings. The van der Waals surface area contributed by atoms with Gasteiger partial charge in [-0.1, -0.05) is 0 Å². The average molecular weight is 154 g/mol. The number of halogens is 1. The van der Waals surface area contributed by atoms with Gasteiger partial charge in [-0.25, -0.2) is 9.50 Å². The molecule has 59 valence electrons. The Labute approximate surface area is 64.7 Å². The van der Waals surface area contributed by atoms with Crippen LogP contribution in [0.3, 0.4) is 0 Å². The molecule has 1 N–H and O–H groups in total. The van der Waals surface area contributed by atoms with Crippen LogP contribution in [-0.2, 0) is 5.11 Å². The summed E-state index contributed by atoms with van der Waals surface area (Å²) in [6.07, 6.45) is 0. The highest BCUT2D eigenvalue weighted by Gasteiger charge is 1.90. The van der Waals surface area contributed by atoms with Crippen LogP contribution in [0.4, 0.5) is 10.1 Å². The molecule has 0 aliphatic carbocycles. The Bertz CT molecular complexity index is 210. The highest BCUT2D eigenvalue weighted by molar-refractivity contribution is 5.42. The van der Waals surface area contributed by atoms with Crippen LogP contribution in [0, 0.1) is 5.82 Å². The van der Waals surface area contributed by atoms with Crippen molar-refractivity contribution in [3.8, 4) is 0 Å². The minimum absolute atomic E-state index is 0.169. The maximum absolute atomic E-state index is 12.3. The fraction of sp³-hybridized carbons (Fsp3) is 0.250. The van der Waals surface area contributed by atoms with Crippen molar-refractivity contribution in [2.45, 2.75) is 0 Å². The zero-order valence-corrected chi connectivity index (χ0v) is 6.01. The Morgan fingerprint density at radius 3 is 2.45 bits per heavy atom. The first-order chi connectivity index (χ1) is 5.33. The molecule has 0 saturated heterocycles. The van der Waals surface area contributed by atoms with E-state index in [9.17, 15) is 9.50 Å². The second-order valence-electron chi connectivity index (χ2n) is 2.14. The summed E-state index contributed by atoms with van der Waals surface area (Å²) in [6, 6.07) is 5.91. The first kappa shape index (κ1) is 8.01. The molecule has 0 unspecified atom stereocenters. The van der Waals surface area contributed by atoms with Gasteiger partial charge in [-0.2, -0.15) is 0 Å². The van der Waals surface area contributed by atoms with E-state index in [1.807, 2.05) is 0 Å². The lowest BCUT2D eigenvalue weighted by atomic mass is 10.3. The molecule has 0 spiro atoms. The quantitative estimate of drug-likeness (QED) is 0.705. The predicted molar refractivity (Wildman–Crippen MR) is 40.4 cm³/mol. The molecule has 0 bridgehead atoms. The standard InChI is InChI=1S/C8H9FNO/c9-7-1-3-8(4-2-7)10-5-6-11/h1-4,10H,5-6H2. The monoisotopic (exact) mass is 154 g/mol. The van der Waals surface area contributed by atoms with Crippen molar-refractivity contribution in [2.24, 2.45) is 0 Å². The van der Waals surface area contributed by atoms with Gasteiger partial charge in [0, 0.05) is 12.2 Å². The Kier molecular flexibility index (Phi) is 2.86. The second kappa shape index (κ2) is 3.93. The molecule has 0 aromatic heterocycles. The SMILES string of the molecule is [O]CCNc1ccc(F)cc1. The van der Waals surface area contributed by atoms with Crippen molar-refractivity contribution in [3.63, 3.8) is 0 Å². The van der Waals surface area contributed by atoms with E-state index >= 15 is 0 Å². The van der Waals surface area contributed by atoms with E-state index in [0.717, 1.165) is 5.69 Å². The van der Waals surface area contributed by atoms with Gasteiger partial charge in [-0.05, 0) is 24.3 Å². The van der Waals surface area contributed by atoms with Gasteiger partial charge in [-0.15, -0.1) is 0 Å². The van der Waals surface area contributed by atoms with Crippen LogP contribution in [0.2, 0.25) is 0 Å². The summed E-state index contributed by atoms with van der Waals surface area (Å²) in [6.45, 7) is 0.211. The molecule has 0 atom stereocenters. The molecule has 0 heterocycles. The predicted octanol–water partition coefficient (Wildman–Crippen LogP) is 1.67. The van der Waals surface area contributed by atoms with Gasteiger partial charge < -0.3 is 5.32 Å². The largest absolute Gasteiger partial charge is 0.383 e. The third-order valence-corrected chi connectivity index (χ3v) is 1.28. The van der Waals surface area contributed by atoms with Crippen LogP contribution in [0.25, 0.3) is 0 Å². The van der Waals surface area contributed by atoms with Gasteiger partial charge in [0.25, 0.3) is 0 Å². The number of nitrogens with one attached hydrogen (secondary N) is 1. The maximum atomic E-state index is 12.3. The maximum Gasteiger partial charge on any atom is 0.123 e. The third-order valence-electron chi connectivity index (χ3n) is 1.28. The highest BCUT2D eigenvalue weighted by Crippen LogP contribution is 2.06. The fourth-order valence-corrected chi connectivity index (χ4v) is 0.763. The summed E-state index contributed by atoms with van der Waals surface area (Å²) in [5.41, 5.74) is 0.780. The molecule has 0 amide bonds. The summed E-state index contributed by atoms with van der Waals surface area (Å²) in [4.78, 5) is 0. The molecule has 0 saturated carbocycles.